The molecule has 0 aliphatic rings. The van der Waals surface area contributed by atoms with Crippen LogP contribution < -0.4 is 16.4 Å². The van der Waals surface area contributed by atoms with Crippen LogP contribution in [-0.2, 0) is 13.3 Å². The third kappa shape index (κ3) is 4.85. The minimum Gasteiger partial charge on any atom is -0.431 e. The van der Waals surface area contributed by atoms with E-state index in [1.165, 1.54) is 24.7 Å². The van der Waals surface area contributed by atoms with Gasteiger partial charge >= 0.3 is 20.1 Å². The van der Waals surface area contributed by atoms with Gasteiger partial charge in [0, 0.05) is 48.3 Å². The van der Waals surface area contributed by atoms with Crippen LogP contribution in [0.2, 0.25) is 0 Å². The Morgan fingerprint density at radius 1 is 0.667 bits per heavy atom. The summed E-state index contributed by atoms with van der Waals surface area (Å²) in [7, 11) is -3.21. The maximum atomic E-state index is 11.4. The predicted octanol–water partition coefficient (Wildman–Crippen LogP) is 3.18. The minimum atomic E-state index is -3.21. The summed E-state index contributed by atoms with van der Waals surface area (Å²) < 4.78 is 28.3. The highest BCUT2D eigenvalue weighted by Gasteiger charge is 2.43. The molecular weight excluding hydrogens is 404 g/mol. The third-order valence-electron chi connectivity index (χ3n) is 4.36. The summed E-state index contributed by atoms with van der Waals surface area (Å²) in [5.41, 5.74) is 2.13. The molecule has 0 unspecified atom stereocenters. The first-order chi connectivity index (χ1) is 14.5. The highest BCUT2D eigenvalue weighted by atomic mass is 28.4. The van der Waals surface area contributed by atoms with Crippen molar-refractivity contribution >= 4 is 14.0 Å². The topological polar surface area (TPSA) is 88.1 Å². The predicted molar refractivity (Wildman–Crippen MR) is 115 cm³/mol. The fraction of sp³-hybridized carbons (Fsp3) is 0.273. The highest BCUT2D eigenvalue weighted by Crippen LogP contribution is 2.27. The van der Waals surface area contributed by atoms with Gasteiger partial charge < -0.3 is 22.1 Å². The van der Waals surface area contributed by atoms with Crippen LogP contribution in [0.25, 0.3) is 22.3 Å². The second-order valence-electron chi connectivity index (χ2n) is 6.34. The minimum absolute atomic E-state index is 0.423. The lowest BCUT2D eigenvalue weighted by molar-refractivity contribution is 0.0859. The fourth-order valence-corrected chi connectivity index (χ4v) is 5.68. The zero-order valence-electron chi connectivity index (χ0n) is 17.2. The van der Waals surface area contributed by atoms with E-state index in [-0.39, 0.29) is 0 Å². The van der Waals surface area contributed by atoms with Gasteiger partial charge in [0.25, 0.3) is 0 Å². The van der Waals surface area contributed by atoms with E-state index in [9.17, 15) is 9.59 Å². The maximum absolute atomic E-state index is 11.4. The quantitative estimate of drug-likeness (QED) is 0.484. The molecule has 158 valence electrons. The molecular formula is C22H24O7Si. The molecule has 0 aliphatic carbocycles. The standard InChI is InChI=1S/C22H24O7Si/c1-4-27-30(28-5-2,29-6-3)20-12-18(16-7-9-21(23)25-14-16)11-19(13-20)17-8-10-22(24)26-15-17/h7-15H,4-6H2,1-3H3. The summed E-state index contributed by atoms with van der Waals surface area (Å²) in [6.07, 6.45) is 2.81. The van der Waals surface area contributed by atoms with E-state index in [1.54, 1.807) is 12.1 Å². The van der Waals surface area contributed by atoms with E-state index < -0.39 is 20.1 Å². The summed E-state index contributed by atoms with van der Waals surface area (Å²) in [4.78, 5) is 22.8. The van der Waals surface area contributed by atoms with Crippen molar-refractivity contribution in [1.29, 1.82) is 0 Å². The normalized spacial score (nSPS) is 11.6. The molecule has 0 spiro atoms. The molecule has 0 aliphatic heterocycles. The van der Waals surface area contributed by atoms with E-state index in [0.29, 0.717) is 30.9 Å². The van der Waals surface area contributed by atoms with Crippen LogP contribution in [0.3, 0.4) is 0 Å². The van der Waals surface area contributed by atoms with E-state index in [0.717, 1.165) is 16.3 Å². The molecule has 0 saturated carbocycles. The van der Waals surface area contributed by atoms with Crippen molar-refractivity contribution in [3.63, 3.8) is 0 Å². The summed E-state index contributed by atoms with van der Waals surface area (Å²) in [6.45, 7) is 6.94. The van der Waals surface area contributed by atoms with Gasteiger partial charge in [-0.3, -0.25) is 0 Å². The molecule has 0 N–H and O–H groups in total. The van der Waals surface area contributed by atoms with Gasteiger partial charge in [0.1, 0.15) is 12.5 Å². The molecule has 1 aromatic carbocycles. The van der Waals surface area contributed by atoms with Gasteiger partial charge in [-0.1, -0.05) is 0 Å². The van der Waals surface area contributed by atoms with Crippen LogP contribution in [0, 0.1) is 0 Å². The second-order valence-corrected chi connectivity index (χ2v) is 8.90. The third-order valence-corrected chi connectivity index (χ3v) is 7.36. The van der Waals surface area contributed by atoms with Crippen molar-refractivity contribution in [3.05, 3.63) is 75.8 Å². The van der Waals surface area contributed by atoms with Crippen molar-refractivity contribution in [1.82, 2.24) is 0 Å². The fourth-order valence-electron chi connectivity index (χ4n) is 3.13. The van der Waals surface area contributed by atoms with Crippen LogP contribution in [0.15, 0.2) is 73.4 Å². The zero-order chi connectivity index (χ0) is 21.6. The molecule has 0 bridgehead atoms. The average Bonchev–Trinajstić information content (AvgIpc) is 2.75. The average molecular weight is 429 g/mol. The second kappa shape index (κ2) is 9.81. The van der Waals surface area contributed by atoms with Crippen LogP contribution in [0.5, 0.6) is 0 Å². The molecule has 0 radical (unpaired) electrons. The molecule has 3 rings (SSSR count). The number of rotatable bonds is 9. The van der Waals surface area contributed by atoms with Gasteiger partial charge in [-0.25, -0.2) is 9.59 Å². The molecule has 3 aromatic rings. The van der Waals surface area contributed by atoms with Crippen LogP contribution >= 0.6 is 0 Å². The Morgan fingerprint density at radius 2 is 1.10 bits per heavy atom. The lowest BCUT2D eigenvalue weighted by Crippen LogP contribution is -2.57. The van der Waals surface area contributed by atoms with Crippen molar-refractivity contribution < 1.29 is 22.1 Å². The van der Waals surface area contributed by atoms with Gasteiger partial charge in [-0.05, 0) is 62.2 Å². The Labute approximate surface area is 175 Å². The van der Waals surface area contributed by atoms with Crippen molar-refractivity contribution in [2.45, 2.75) is 20.8 Å². The summed E-state index contributed by atoms with van der Waals surface area (Å²) >= 11 is 0. The van der Waals surface area contributed by atoms with Crippen LogP contribution in [0.4, 0.5) is 0 Å². The number of hydrogen-bond donors (Lipinski definition) is 0. The molecule has 7 nitrogen and oxygen atoms in total. The first-order valence-electron chi connectivity index (χ1n) is 9.77. The number of hydrogen-bond acceptors (Lipinski definition) is 7. The SMILES string of the molecule is CCO[Si](OCC)(OCC)c1cc(-c2ccc(=O)oc2)cc(-c2ccc(=O)oc2)c1. The van der Waals surface area contributed by atoms with Crippen LogP contribution in [-0.4, -0.2) is 28.6 Å². The highest BCUT2D eigenvalue weighted by molar-refractivity contribution is 6.75. The molecule has 2 aromatic heterocycles. The largest absolute Gasteiger partial charge is 0.537 e. The Morgan fingerprint density at radius 3 is 1.43 bits per heavy atom. The number of benzene rings is 1. The van der Waals surface area contributed by atoms with Gasteiger partial charge in [-0.2, -0.15) is 0 Å². The van der Waals surface area contributed by atoms with Crippen molar-refractivity contribution in [2.75, 3.05) is 19.8 Å². The summed E-state index contributed by atoms with van der Waals surface area (Å²) in [5.74, 6) is 0. The first kappa shape index (κ1) is 21.9. The molecule has 0 fully saturated rings. The van der Waals surface area contributed by atoms with Gasteiger partial charge in [0.2, 0.25) is 0 Å². The van der Waals surface area contributed by atoms with Crippen LogP contribution in [0.1, 0.15) is 20.8 Å². The Hall–Kier alpha value is -2.78. The lowest BCUT2D eigenvalue weighted by Gasteiger charge is -2.29. The zero-order valence-corrected chi connectivity index (χ0v) is 18.2. The summed E-state index contributed by atoms with van der Waals surface area (Å²) in [6, 6.07) is 11.9. The Balaban J connectivity index is 2.24. The Kier molecular flexibility index (Phi) is 7.17. The van der Waals surface area contributed by atoms with E-state index in [4.69, 9.17) is 22.1 Å². The van der Waals surface area contributed by atoms with E-state index >= 15 is 0 Å². The monoisotopic (exact) mass is 428 g/mol. The van der Waals surface area contributed by atoms with Crippen molar-refractivity contribution in [2.24, 2.45) is 0 Å². The van der Waals surface area contributed by atoms with E-state index in [1.807, 2.05) is 39.0 Å². The van der Waals surface area contributed by atoms with Crippen molar-refractivity contribution in [3.8, 4) is 22.3 Å². The van der Waals surface area contributed by atoms with Gasteiger partial charge in [0.05, 0.1) is 0 Å². The molecule has 8 heteroatoms. The smallest absolute Gasteiger partial charge is 0.431 e. The lowest BCUT2D eigenvalue weighted by atomic mass is 10.0. The molecule has 0 atom stereocenters. The molecule has 0 saturated heterocycles. The van der Waals surface area contributed by atoms with Gasteiger partial charge in [-0.15, -0.1) is 0 Å². The Bertz CT molecular complexity index is 973. The molecule has 0 amide bonds. The molecule has 2 heterocycles. The van der Waals surface area contributed by atoms with Gasteiger partial charge in [0.15, 0.2) is 0 Å². The van der Waals surface area contributed by atoms with E-state index in [2.05, 4.69) is 0 Å². The first-order valence-corrected chi connectivity index (χ1v) is 11.5. The summed E-state index contributed by atoms with van der Waals surface area (Å²) in [5, 5.41) is 0.762. The molecule has 30 heavy (non-hydrogen) atoms. The maximum Gasteiger partial charge on any atom is 0.537 e.